The van der Waals surface area contributed by atoms with Crippen molar-refractivity contribution >= 4 is 22.9 Å². The van der Waals surface area contributed by atoms with Crippen LogP contribution in [0.15, 0.2) is 18.6 Å². The van der Waals surface area contributed by atoms with Gasteiger partial charge in [-0.15, -0.1) is 0 Å². The number of nitrogens with zero attached hydrogens (tertiary/aromatic N) is 3. The summed E-state index contributed by atoms with van der Waals surface area (Å²) in [6.45, 7) is 12.1. The molecule has 0 unspecified atom stereocenters. The number of piperidine rings is 1. The van der Waals surface area contributed by atoms with Gasteiger partial charge in [0.1, 0.15) is 23.4 Å². The number of rotatable bonds is 3. The van der Waals surface area contributed by atoms with Gasteiger partial charge in [0.15, 0.2) is 0 Å². The van der Waals surface area contributed by atoms with Crippen LogP contribution in [0.4, 0.5) is 10.6 Å². The van der Waals surface area contributed by atoms with Gasteiger partial charge in [0.25, 0.3) is 0 Å². The SMILES string of the molecule is CC.CC(C)(C)OC(=O)NCC1CCN(c2ncnc3[nH]ccc23)CC1. The number of fused-ring (bicyclic) bond motifs is 1. The molecule has 0 spiro atoms. The van der Waals surface area contributed by atoms with Crippen molar-refractivity contribution in [3.63, 3.8) is 0 Å². The highest BCUT2D eigenvalue weighted by molar-refractivity contribution is 5.87. The van der Waals surface area contributed by atoms with Gasteiger partial charge in [0.2, 0.25) is 0 Å². The fourth-order valence-corrected chi connectivity index (χ4v) is 3.00. The number of hydrogen-bond acceptors (Lipinski definition) is 5. The van der Waals surface area contributed by atoms with Gasteiger partial charge in [-0.1, -0.05) is 13.8 Å². The summed E-state index contributed by atoms with van der Waals surface area (Å²) in [6, 6.07) is 2.01. The molecule has 1 saturated heterocycles. The van der Waals surface area contributed by atoms with E-state index < -0.39 is 5.60 Å². The Morgan fingerprint density at radius 2 is 2.00 bits per heavy atom. The first-order chi connectivity index (χ1) is 12.4. The maximum absolute atomic E-state index is 11.7. The maximum atomic E-state index is 11.7. The molecule has 0 saturated carbocycles. The number of amides is 1. The number of H-pyrrole nitrogens is 1. The van der Waals surface area contributed by atoms with Crippen molar-refractivity contribution in [3.05, 3.63) is 18.6 Å². The second-order valence-electron chi connectivity index (χ2n) is 7.25. The minimum atomic E-state index is -0.456. The number of hydrogen-bond donors (Lipinski definition) is 2. The van der Waals surface area contributed by atoms with Crippen molar-refractivity contribution < 1.29 is 9.53 Å². The third-order valence-electron chi connectivity index (χ3n) is 4.18. The largest absolute Gasteiger partial charge is 0.444 e. The predicted molar refractivity (Wildman–Crippen MR) is 104 cm³/mol. The molecule has 26 heavy (non-hydrogen) atoms. The Morgan fingerprint density at radius 1 is 1.31 bits per heavy atom. The third kappa shape index (κ3) is 5.34. The lowest BCUT2D eigenvalue weighted by atomic mass is 9.97. The first-order valence-electron chi connectivity index (χ1n) is 9.42. The van der Waals surface area contributed by atoms with Crippen LogP contribution in [0.2, 0.25) is 0 Å². The van der Waals surface area contributed by atoms with E-state index in [4.69, 9.17) is 4.74 Å². The van der Waals surface area contributed by atoms with Crippen molar-refractivity contribution in [1.82, 2.24) is 20.3 Å². The summed E-state index contributed by atoms with van der Waals surface area (Å²) in [7, 11) is 0. The predicted octanol–water partition coefficient (Wildman–Crippen LogP) is 3.73. The third-order valence-corrected chi connectivity index (χ3v) is 4.18. The number of carbonyl (C=O) groups is 1. The molecule has 0 atom stereocenters. The molecule has 144 valence electrons. The first-order valence-corrected chi connectivity index (χ1v) is 9.42. The van der Waals surface area contributed by atoms with E-state index in [1.165, 1.54) is 0 Å². The van der Waals surface area contributed by atoms with Crippen LogP contribution in [0.1, 0.15) is 47.5 Å². The summed E-state index contributed by atoms with van der Waals surface area (Å²) in [5.74, 6) is 1.46. The summed E-state index contributed by atoms with van der Waals surface area (Å²) in [4.78, 5) is 25.8. The van der Waals surface area contributed by atoms with Crippen LogP contribution in [0.25, 0.3) is 11.0 Å². The second kappa shape index (κ2) is 8.87. The topological polar surface area (TPSA) is 83.1 Å². The van der Waals surface area contributed by atoms with E-state index in [0.29, 0.717) is 12.5 Å². The minimum absolute atomic E-state index is 0.338. The van der Waals surface area contributed by atoms with Crippen LogP contribution in [-0.2, 0) is 4.74 Å². The highest BCUT2D eigenvalue weighted by atomic mass is 16.6. The maximum Gasteiger partial charge on any atom is 0.407 e. The average Bonchev–Trinajstić information content (AvgIpc) is 3.09. The molecule has 2 N–H and O–H groups in total. The molecule has 0 radical (unpaired) electrons. The summed E-state index contributed by atoms with van der Waals surface area (Å²) in [5, 5.41) is 3.94. The fraction of sp³-hybridized carbons (Fsp3) is 0.632. The van der Waals surface area contributed by atoms with Crippen molar-refractivity contribution in [2.45, 2.75) is 53.1 Å². The molecule has 7 heteroatoms. The average molecular weight is 361 g/mol. The van der Waals surface area contributed by atoms with Gasteiger partial charge in [-0.25, -0.2) is 14.8 Å². The summed E-state index contributed by atoms with van der Waals surface area (Å²) >= 11 is 0. The summed E-state index contributed by atoms with van der Waals surface area (Å²) < 4.78 is 5.28. The van der Waals surface area contributed by atoms with Gasteiger partial charge < -0.3 is 19.9 Å². The summed E-state index contributed by atoms with van der Waals surface area (Å²) in [6.07, 6.45) is 5.19. The highest BCUT2D eigenvalue weighted by Gasteiger charge is 2.23. The number of ether oxygens (including phenoxy) is 1. The van der Waals surface area contributed by atoms with Crippen molar-refractivity contribution in [3.8, 4) is 0 Å². The quantitative estimate of drug-likeness (QED) is 0.870. The van der Waals surface area contributed by atoms with E-state index in [2.05, 4.69) is 25.2 Å². The standard InChI is InChI=1S/C17H25N5O2.C2H6/c1-17(2,3)24-16(23)19-10-12-5-8-22(9-6-12)15-13-4-7-18-14(13)20-11-21-15;1-2/h4,7,11-12H,5-6,8-10H2,1-3H3,(H,19,23)(H,18,20,21);1-2H3. The van der Waals surface area contributed by atoms with Gasteiger partial charge in [-0.05, 0) is 45.6 Å². The van der Waals surface area contributed by atoms with E-state index in [9.17, 15) is 4.79 Å². The Bertz CT molecular complexity index is 699. The molecule has 1 amide bonds. The van der Waals surface area contributed by atoms with E-state index in [1.807, 2.05) is 46.9 Å². The van der Waals surface area contributed by atoms with E-state index in [-0.39, 0.29) is 6.09 Å². The molecule has 3 rings (SSSR count). The zero-order valence-electron chi connectivity index (χ0n) is 16.5. The molecule has 3 heterocycles. The number of anilines is 1. The van der Waals surface area contributed by atoms with Crippen molar-refractivity contribution in [2.75, 3.05) is 24.5 Å². The fourth-order valence-electron chi connectivity index (χ4n) is 3.00. The number of carbonyl (C=O) groups excluding carboxylic acids is 1. The molecule has 7 nitrogen and oxygen atoms in total. The smallest absolute Gasteiger partial charge is 0.407 e. The van der Waals surface area contributed by atoms with E-state index in [0.717, 1.165) is 42.8 Å². The van der Waals surface area contributed by atoms with Gasteiger partial charge in [0.05, 0.1) is 5.39 Å². The lowest BCUT2D eigenvalue weighted by molar-refractivity contribution is 0.0517. The van der Waals surface area contributed by atoms with Crippen LogP contribution in [0, 0.1) is 5.92 Å². The lowest BCUT2D eigenvalue weighted by Crippen LogP contribution is -2.40. The first kappa shape index (κ1) is 20.0. The Kier molecular flexibility index (Phi) is 6.83. The zero-order valence-corrected chi connectivity index (χ0v) is 16.5. The normalized spacial score (nSPS) is 15.3. The molecule has 1 aliphatic heterocycles. The number of alkyl carbamates (subject to hydrolysis) is 1. The highest BCUT2D eigenvalue weighted by Crippen LogP contribution is 2.26. The molecule has 0 bridgehead atoms. The molecule has 0 aliphatic carbocycles. The zero-order chi connectivity index (χ0) is 19.2. The molecule has 2 aromatic rings. The van der Waals surface area contributed by atoms with E-state index in [1.54, 1.807) is 6.33 Å². The Hall–Kier alpha value is -2.31. The number of nitrogens with one attached hydrogen (secondary N) is 2. The van der Waals surface area contributed by atoms with Gasteiger partial charge in [-0.3, -0.25) is 0 Å². The molecular formula is C19H31N5O2. The molecule has 1 fully saturated rings. The van der Waals surface area contributed by atoms with Crippen LogP contribution in [-0.4, -0.2) is 46.3 Å². The van der Waals surface area contributed by atoms with Crippen LogP contribution >= 0.6 is 0 Å². The molecule has 1 aliphatic rings. The lowest BCUT2D eigenvalue weighted by Gasteiger charge is -2.33. The van der Waals surface area contributed by atoms with Gasteiger partial charge in [0, 0.05) is 25.8 Å². The van der Waals surface area contributed by atoms with Crippen LogP contribution in [0.3, 0.4) is 0 Å². The Morgan fingerprint density at radius 3 is 2.65 bits per heavy atom. The number of aromatic nitrogens is 3. The van der Waals surface area contributed by atoms with Gasteiger partial charge >= 0.3 is 6.09 Å². The van der Waals surface area contributed by atoms with Gasteiger partial charge in [-0.2, -0.15) is 0 Å². The second-order valence-corrected chi connectivity index (χ2v) is 7.25. The Balaban J connectivity index is 0.00000117. The minimum Gasteiger partial charge on any atom is -0.444 e. The Labute approximate surface area is 155 Å². The van der Waals surface area contributed by atoms with Crippen molar-refractivity contribution in [2.24, 2.45) is 5.92 Å². The summed E-state index contributed by atoms with van der Waals surface area (Å²) in [5.41, 5.74) is 0.413. The van der Waals surface area contributed by atoms with Crippen molar-refractivity contribution in [1.29, 1.82) is 0 Å². The number of aromatic amines is 1. The van der Waals surface area contributed by atoms with Crippen LogP contribution in [0.5, 0.6) is 0 Å². The van der Waals surface area contributed by atoms with Crippen LogP contribution < -0.4 is 10.2 Å². The molecular weight excluding hydrogens is 330 g/mol. The van der Waals surface area contributed by atoms with E-state index >= 15 is 0 Å². The molecule has 2 aromatic heterocycles. The monoisotopic (exact) mass is 361 g/mol. The molecule has 0 aromatic carbocycles.